The van der Waals surface area contributed by atoms with Crippen LogP contribution in [0.15, 0.2) is 24.3 Å². The van der Waals surface area contributed by atoms with Gasteiger partial charge in [-0.1, -0.05) is 12.1 Å². The summed E-state index contributed by atoms with van der Waals surface area (Å²) in [5, 5.41) is 0. The van der Waals surface area contributed by atoms with Crippen molar-refractivity contribution >= 4 is 6.09 Å². The second kappa shape index (κ2) is 6.02. The lowest BCUT2D eigenvalue weighted by Gasteiger charge is -2.37. The minimum atomic E-state index is -0.523. The summed E-state index contributed by atoms with van der Waals surface area (Å²) < 4.78 is 18.8. The van der Waals surface area contributed by atoms with E-state index < -0.39 is 5.60 Å². The highest BCUT2D eigenvalue weighted by Gasteiger charge is 2.32. The van der Waals surface area contributed by atoms with Crippen LogP contribution in [0.4, 0.5) is 9.18 Å². The van der Waals surface area contributed by atoms with Crippen LogP contribution in [0.3, 0.4) is 0 Å². The van der Waals surface area contributed by atoms with Gasteiger partial charge < -0.3 is 15.4 Å². The van der Waals surface area contributed by atoms with Crippen molar-refractivity contribution in [3.63, 3.8) is 0 Å². The maximum Gasteiger partial charge on any atom is 0.410 e. The third-order valence-corrected chi connectivity index (χ3v) is 3.59. The zero-order chi connectivity index (χ0) is 15.6. The number of carbonyl (C=O) groups is 1. The van der Waals surface area contributed by atoms with E-state index in [0.717, 1.165) is 5.56 Å². The molecule has 1 aliphatic heterocycles. The van der Waals surface area contributed by atoms with Crippen LogP contribution >= 0.6 is 0 Å². The molecule has 1 aromatic rings. The molecule has 1 aliphatic rings. The molecule has 0 unspecified atom stereocenters. The predicted octanol–water partition coefficient (Wildman–Crippen LogP) is 2.88. The number of ether oxygens (including phenoxy) is 1. The molecule has 1 heterocycles. The lowest BCUT2D eigenvalue weighted by atomic mass is 9.86. The average molecular weight is 294 g/mol. The van der Waals surface area contributed by atoms with Gasteiger partial charge in [-0.05, 0) is 44.9 Å². The van der Waals surface area contributed by atoms with Crippen molar-refractivity contribution in [1.29, 1.82) is 0 Å². The molecule has 1 aromatic carbocycles. The Kier molecular flexibility index (Phi) is 4.52. The van der Waals surface area contributed by atoms with Crippen molar-refractivity contribution in [2.45, 2.75) is 44.8 Å². The predicted molar refractivity (Wildman–Crippen MR) is 79.5 cm³/mol. The molecule has 2 N–H and O–H groups in total. The van der Waals surface area contributed by atoms with E-state index in [4.69, 9.17) is 10.5 Å². The number of amides is 1. The first kappa shape index (κ1) is 15.8. The number of hydrogen-bond donors (Lipinski definition) is 1. The van der Waals surface area contributed by atoms with Crippen molar-refractivity contribution in [1.82, 2.24) is 4.90 Å². The van der Waals surface area contributed by atoms with Crippen LogP contribution < -0.4 is 5.73 Å². The molecule has 21 heavy (non-hydrogen) atoms. The van der Waals surface area contributed by atoms with Crippen LogP contribution in [0.5, 0.6) is 0 Å². The third-order valence-electron chi connectivity index (χ3n) is 3.59. The Morgan fingerprint density at radius 2 is 2.14 bits per heavy atom. The molecular formula is C16H23FN2O2. The normalized spacial score (nSPS) is 23.0. The van der Waals surface area contributed by atoms with Gasteiger partial charge in [0.1, 0.15) is 11.4 Å². The second-order valence-corrected chi connectivity index (χ2v) is 6.54. The number of piperidine rings is 1. The summed E-state index contributed by atoms with van der Waals surface area (Å²) in [6.45, 7) is 6.54. The fraction of sp³-hybridized carbons (Fsp3) is 0.562. The first-order valence-corrected chi connectivity index (χ1v) is 7.25. The molecule has 0 radical (unpaired) electrons. The van der Waals surface area contributed by atoms with Gasteiger partial charge in [0.15, 0.2) is 0 Å². The van der Waals surface area contributed by atoms with Crippen LogP contribution in [0.25, 0.3) is 0 Å². The quantitative estimate of drug-likeness (QED) is 0.866. The van der Waals surface area contributed by atoms with Gasteiger partial charge in [0, 0.05) is 25.0 Å². The van der Waals surface area contributed by atoms with Crippen LogP contribution in [0.1, 0.15) is 38.7 Å². The number of likely N-dealkylation sites (tertiary alicyclic amines) is 1. The summed E-state index contributed by atoms with van der Waals surface area (Å²) in [6.07, 6.45) is 0.344. The minimum absolute atomic E-state index is 0.0676. The van der Waals surface area contributed by atoms with Crippen LogP contribution in [0.2, 0.25) is 0 Å². The summed E-state index contributed by atoms with van der Waals surface area (Å²) in [7, 11) is 0. The molecule has 0 spiro atoms. The third kappa shape index (κ3) is 4.17. The number of benzene rings is 1. The van der Waals surface area contributed by atoms with Gasteiger partial charge in [0.25, 0.3) is 0 Å². The van der Waals surface area contributed by atoms with Crippen LogP contribution in [-0.4, -0.2) is 35.7 Å². The van der Waals surface area contributed by atoms with Gasteiger partial charge in [-0.3, -0.25) is 0 Å². The highest BCUT2D eigenvalue weighted by molar-refractivity contribution is 5.68. The SMILES string of the molecule is CC(C)(C)OC(=O)N1CC[C@H](N)[C@H](c2cccc(F)c2)C1. The Morgan fingerprint density at radius 3 is 2.76 bits per heavy atom. The van der Waals surface area contributed by atoms with E-state index in [2.05, 4.69) is 0 Å². The molecule has 0 saturated carbocycles. The fourth-order valence-electron chi connectivity index (χ4n) is 2.55. The summed E-state index contributed by atoms with van der Waals surface area (Å²) in [4.78, 5) is 13.8. The van der Waals surface area contributed by atoms with Gasteiger partial charge in [-0.15, -0.1) is 0 Å². The Labute approximate surface area is 125 Å². The Hall–Kier alpha value is -1.62. The molecular weight excluding hydrogens is 271 g/mol. The van der Waals surface area contributed by atoms with Gasteiger partial charge in [0.05, 0.1) is 0 Å². The zero-order valence-electron chi connectivity index (χ0n) is 12.8. The average Bonchev–Trinajstić information content (AvgIpc) is 2.37. The molecule has 5 heteroatoms. The van der Waals surface area contributed by atoms with Crippen LogP contribution in [0, 0.1) is 5.82 Å². The Balaban J connectivity index is 2.11. The largest absolute Gasteiger partial charge is 0.444 e. The number of nitrogens with zero attached hydrogens (tertiary/aromatic N) is 1. The highest BCUT2D eigenvalue weighted by Crippen LogP contribution is 2.27. The maximum atomic E-state index is 13.4. The lowest BCUT2D eigenvalue weighted by Crippen LogP contribution is -2.49. The molecule has 0 aromatic heterocycles. The van der Waals surface area contributed by atoms with E-state index in [1.165, 1.54) is 12.1 Å². The molecule has 0 aliphatic carbocycles. The number of carbonyl (C=O) groups excluding carboxylic acids is 1. The number of hydrogen-bond acceptors (Lipinski definition) is 3. The van der Waals surface area contributed by atoms with Crippen molar-refractivity contribution in [3.8, 4) is 0 Å². The zero-order valence-corrected chi connectivity index (χ0v) is 12.8. The van der Waals surface area contributed by atoms with Gasteiger partial charge >= 0.3 is 6.09 Å². The Bertz CT molecular complexity index is 513. The van der Waals surface area contributed by atoms with E-state index in [-0.39, 0.29) is 23.9 Å². The van der Waals surface area contributed by atoms with Gasteiger partial charge in [-0.2, -0.15) is 0 Å². The van der Waals surface area contributed by atoms with Crippen LogP contribution in [-0.2, 0) is 4.74 Å². The summed E-state index contributed by atoms with van der Waals surface area (Å²) >= 11 is 0. The highest BCUT2D eigenvalue weighted by atomic mass is 19.1. The second-order valence-electron chi connectivity index (χ2n) is 6.54. The number of halogens is 1. The first-order chi connectivity index (χ1) is 9.76. The van der Waals surface area contributed by atoms with E-state index in [1.807, 2.05) is 26.8 Å². The van der Waals surface area contributed by atoms with Crippen molar-refractivity contribution in [2.75, 3.05) is 13.1 Å². The molecule has 2 rings (SSSR count). The summed E-state index contributed by atoms with van der Waals surface area (Å²) in [6, 6.07) is 6.34. The summed E-state index contributed by atoms with van der Waals surface area (Å²) in [5.41, 5.74) is 6.46. The monoisotopic (exact) mass is 294 g/mol. The molecule has 1 fully saturated rings. The standard InChI is InChI=1S/C16H23FN2O2/c1-16(2,3)21-15(20)19-8-7-14(18)13(10-19)11-5-4-6-12(17)9-11/h4-6,9,13-14H,7-8,10,18H2,1-3H3/t13-,14-/m0/s1. The smallest absolute Gasteiger partial charge is 0.410 e. The lowest BCUT2D eigenvalue weighted by molar-refractivity contribution is 0.0186. The minimum Gasteiger partial charge on any atom is -0.444 e. The molecule has 116 valence electrons. The Morgan fingerprint density at radius 1 is 1.43 bits per heavy atom. The molecule has 0 bridgehead atoms. The van der Waals surface area contributed by atoms with E-state index >= 15 is 0 Å². The van der Waals surface area contributed by atoms with E-state index in [1.54, 1.807) is 11.0 Å². The van der Waals surface area contributed by atoms with Crippen molar-refractivity contribution in [3.05, 3.63) is 35.6 Å². The first-order valence-electron chi connectivity index (χ1n) is 7.25. The molecule has 4 nitrogen and oxygen atoms in total. The topological polar surface area (TPSA) is 55.6 Å². The van der Waals surface area contributed by atoms with E-state index in [0.29, 0.717) is 19.5 Å². The molecule has 1 saturated heterocycles. The number of nitrogens with two attached hydrogens (primary N) is 1. The van der Waals surface area contributed by atoms with Crippen molar-refractivity contribution in [2.24, 2.45) is 5.73 Å². The summed E-state index contributed by atoms with van der Waals surface area (Å²) in [5.74, 6) is -0.351. The van der Waals surface area contributed by atoms with Crippen molar-refractivity contribution < 1.29 is 13.9 Å². The van der Waals surface area contributed by atoms with Gasteiger partial charge in [0.2, 0.25) is 0 Å². The molecule has 2 atom stereocenters. The fourth-order valence-corrected chi connectivity index (χ4v) is 2.55. The van der Waals surface area contributed by atoms with E-state index in [9.17, 15) is 9.18 Å². The van der Waals surface area contributed by atoms with Gasteiger partial charge in [-0.25, -0.2) is 9.18 Å². The maximum absolute atomic E-state index is 13.4. The number of rotatable bonds is 1. The molecule has 1 amide bonds.